The Hall–Kier alpha value is -2.25. The van der Waals surface area contributed by atoms with Crippen molar-refractivity contribution in [2.45, 2.75) is 19.3 Å². The summed E-state index contributed by atoms with van der Waals surface area (Å²) < 4.78 is 0. The summed E-state index contributed by atoms with van der Waals surface area (Å²) in [7, 11) is 0. The van der Waals surface area contributed by atoms with Crippen molar-refractivity contribution in [3.05, 3.63) is 41.4 Å². The van der Waals surface area contributed by atoms with E-state index in [0.717, 1.165) is 55.3 Å². The number of benzene rings is 1. The van der Waals surface area contributed by atoms with E-state index in [2.05, 4.69) is 9.88 Å². The van der Waals surface area contributed by atoms with Gasteiger partial charge in [-0.3, -0.25) is 14.5 Å². The van der Waals surface area contributed by atoms with Crippen LogP contribution >= 0.6 is 11.3 Å². The molecule has 2 aromatic rings. The first-order valence-electron chi connectivity index (χ1n) is 9.97. The quantitative estimate of drug-likeness (QED) is 0.774. The Morgan fingerprint density at radius 2 is 1.57 bits per heavy atom. The lowest BCUT2D eigenvalue weighted by molar-refractivity contribution is -0.134. The maximum absolute atomic E-state index is 12.6. The molecular weight excluding hydrogens is 372 g/mol. The zero-order valence-corrected chi connectivity index (χ0v) is 16.9. The first kappa shape index (κ1) is 19.1. The molecule has 28 heavy (non-hydrogen) atoms. The van der Waals surface area contributed by atoms with Gasteiger partial charge in [-0.2, -0.15) is 0 Å². The van der Waals surface area contributed by atoms with Crippen LogP contribution in [0.15, 0.2) is 35.7 Å². The molecule has 2 saturated heterocycles. The van der Waals surface area contributed by atoms with E-state index < -0.39 is 0 Å². The van der Waals surface area contributed by atoms with Gasteiger partial charge in [-0.1, -0.05) is 30.3 Å². The highest BCUT2D eigenvalue weighted by Gasteiger charge is 2.25. The summed E-state index contributed by atoms with van der Waals surface area (Å²) in [5.74, 6) is 0.351. The number of amides is 2. The molecule has 3 heterocycles. The minimum atomic E-state index is 0.121. The number of likely N-dealkylation sites (tertiary alicyclic amines) is 1. The number of thiazole rings is 1. The molecule has 2 aliphatic heterocycles. The minimum absolute atomic E-state index is 0.121. The Kier molecular flexibility index (Phi) is 6.02. The maximum Gasteiger partial charge on any atom is 0.236 e. The van der Waals surface area contributed by atoms with Crippen molar-refractivity contribution in [2.75, 3.05) is 45.8 Å². The maximum atomic E-state index is 12.6. The molecule has 0 bridgehead atoms. The van der Waals surface area contributed by atoms with Gasteiger partial charge in [-0.15, -0.1) is 11.3 Å². The van der Waals surface area contributed by atoms with Crippen molar-refractivity contribution in [3.8, 4) is 10.6 Å². The summed E-state index contributed by atoms with van der Waals surface area (Å²) in [6, 6.07) is 10.0. The SMILES string of the molecule is O=C(Cc1csc(-c2ccccc2)n1)N1CCN(CC(=O)N2CCCC2)CC1. The Balaban J connectivity index is 1.25. The molecule has 0 atom stereocenters. The van der Waals surface area contributed by atoms with E-state index in [9.17, 15) is 9.59 Å². The standard InChI is InChI=1S/C21H26N4O2S/c26-19(14-18-16-28-21(22-18)17-6-2-1-3-7-17)25-12-10-23(11-13-25)15-20(27)24-8-4-5-9-24/h1-3,6-7,16H,4-5,8-15H2. The number of aromatic nitrogens is 1. The summed E-state index contributed by atoms with van der Waals surface area (Å²) in [5, 5.41) is 2.93. The fourth-order valence-electron chi connectivity index (χ4n) is 3.78. The lowest BCUT2D eigenvalue weighted by Crippen LogP contribution is -2.51. The molecule has 0 saturated carbocycles. The van der Waals surface area contributed by atoms with Gasteiger partial charge in [0.2, 0.25) is 11.8 Å². The molecule has 2 amide bonds. The van der Waals surface area contributed by atoms with Crippen LogP contribution in [0.4, 0.5) is 0 Å². The van der Waals surface area contributed by atoms with E-state index in [4.69, 9.17) is 0 Å². The lowest BCUT2D eigenvalue weighted by Gasteiger charge is -2.35. The molecule has 0 spiro atoms. The Labute approximate surface area is 169 Å². The zero-order chi connectivity index (χ0) is 19.3. The van der Waals surface area contributed by atoms with Crippen molar-refractivity contribution in [3.63, 3.8) is 0 Å². The fourth-order valence-corrected chi connectivity index (χ4v) is 4.61. The van der Waals surface area contributed by atoms with E-state index in [1.165, 1.54) is 0 Å². The van der Waals surface area contributed by atoms with Crippen LogP contribution in [-0.4, -0.2) is 77.3 Å². The monoisotopic (exact) mass is 398 g/mol. The van der Waals surface area contributed by atoms with Gasteiger partial charge in [0.15, 0.2) is 0 Å². The largest absolute Gasteiger partial charge is 0.342 e. The highest BCUT2D eigenvalue weighted by Crippen LogP contribution is 2.23. The number of carbonyl (C=O) groups is 2. The van der Waals surface area contributed by atoms with Crippen molar-refractivity contribution in [1.82, 2.24) is 19.7 Å². The fraction of sp³-hybridized carbons (Fsp3) is 0.476. The minimum Gasteiger partial charge on any atom is -0.342 e. The van der Waals surface area contributed by atoms with Gasteiger partial charge in [-0.05, 0) is 12.8 Å². The molecule has 0 aliphatic carbocycles. The van der Waals surface area contributed by atoms with Crippen LogP contribution < -0.4 is 0 Å². The van der Waals surface area contributed by atoms with E-state index >= 15 is 0 Å². The lowest BCUT2D eigenvalue weighted by atomic mass is 10.2. The highest BCUT2D eigenvalue weighted by molar-refractivity contribution is 7.13. The van der Waals surface area contributed by atoms with E-state index in [0.29, 0.717) is 26.1 Å². The molecule has 6 nitrogen and oxygen atoms in total. The first-order valence-corrected chi connectivity index (χ1v) is 10.8. The molecule has 1 aromatic carbocycles. The summed E-state index contributed by atoms with van der Waals surface area (Å²) in [5.41, 5.74) is 1.92. The number of piperazine rings is 1. The van der Waals surface area contributed by atoms with Gasteiger partial charge in [0.1, 0.15) is 5.01 Å². The molecule has 2 fully saturated rings. The van der Waals surface area contributed by atoms with Crippen LogP contribution in [0.3, 0.4) is 0 Å². The van der Waals surface area contributed by atoms with Crippen molar-refractivity contribution < 1.29 is 9.59 Å². The second kappa shape index (κ2) is 8.84. The van der Waals surface area contributed by atoms with Crippen LogP contribution in [0.5, 0.6) is 0 Å². The average Bonchev–Trinajstić information content (AvgIpc) is 3.41. The van der Waals surface area contributed by atoms with Gasteiger partial charge in [0.05, 0.1) is 18.7 Å². The third kappa shape index (κ3) is 4.59. The number of nitrogens with zero attached hydrogens (tertiary/aromatic N) is 4. The molecule has 148 valence electrons. The van der Waals surface area contributed by atoms with Crippen LogP contribution in [-0.2, 0) is 16.0 Å². The van der Waals surface area contributed by atoms with Crippen molar-refractivity contribution in [1.29, 1.82) is 0 Å². The third-order valence-corrected chi connectivity index (χ3v) is 6.39. The molecule has 0 unspecified atom stereocenters. The van der Waals surface area contributed by atoms with Crippen molar-refractivity contribution >= 4 is 23.2 Å². The highest BCUT2D eigenvalue weighted by atomic mass is 32.1. The summed E-state index contributed by atoms with van der Waals surface area (Å²) in [6.07, 6.45) is 2.59. The summed E-state index contributed by atoms with van der Waals surface area (Å²) in [6.45, 7) is 5.17. The van der Waals surface area contributed by atoms with Crippen LogP contribution in [0.2, 0.25) is 0 Å². The molecule has 2 aliphatic rings. The average molecular weight is 399 g/mol. The van der Waals surface area contributed by atoms with E-state index in [1.807, 2.05) is 45.5 Å². The number of rotatable bonds is 5. The summed E-state index contributed by atoms with van der Waals surface area (Å²) >= 11 is 1.58. The van der Waals surface area contributed by atoms with Crippen molar-refractivity contribution in [2.24, 2.45) is 0 Å². The van der Waals surface area contributed by atoms with E-state index in [-0.39, 0.29) is 11.8 Å². The van der Waals surface area contributed by atoms with E-state index in [1.54, 1.807) is 11.3 Å². The molecule has 1 aromatic heterocycles. The smallest absolute Gasteiger partial charge is 0.236 e. The third-order valence-electron chi connectivity index (χ3n) is 5.45. The van der Waals surface area contributed by atoms with Gasteiger partial charge in [0.25, 0.3) is 0 Å². The first-order chi connectivity index (χ1) is 13.7. The molecule has 0 N–H and O–H groups in total. The number of hydrogen-bond donors (Lipinski definition) is 0. The van der Waals surface area contributed by atoms with Crippen LogP contribution in [0.25, 0.3) is 10.6 Å². The normalized spacial score (nSPS) is 17.9. The second-order valence-corrected chi connectivity index (χ2v) is 8.29. The Morgan fingerprint density at radius 3 is 2.29 bits per heavy atom. The van der Waals surface area contributed by atoms with Gasteiger partial charge in [-0.25, -0.2) is 4.98 Å². The van der Waals surface area contributed by atoms with Gasteiger partial charge < -0.3 is 9.80 Å². The predicted octanol–water partition coefficient (Wildman–Crippen LogP) is 2.12. The van der Waals surface area contributed by atoms with Crippen LogP contribution in [0, 0.1) is 0 Å². The molecular formula is C21H26N4O2S. The molecule has 4 rings (SSSR count). The molecule has 7 heteroatoms. The Bertz CT molecular complexity index is 809. The zero-order valence-electron chi connectivity index (χ0n) is 16.0. The summed E-state index contributed by atoms with van der Waals surface area (Å²) in [4.78, 5) is 35.6. The number of hydrogen-bond acceptors (Lipinski definition) is 5. The number of carbonyl (C=O) groups excluding carboxylic acids is 2. The second-order valence-electron chi connectivity index (χ2n) is 7.43. The topological polar surface area (TPSA) is 56.8 Å². The predicted molar refractivity (Wildman–Crippen MR) is 110 cm³/mol. The van der Waals surface area contributed by atoms with Gasteiger partial charge >= 0.3 is 0 Å². The van der Waals surface area contributed by atoms with Crippen LogP contribution in [0.1, 0.15) is 18.5 Å². The molecule has 0 radical (unpaired) electrons. The van der Waals surface area contributed by atoms with Gasteiger partial charge in [0, 0.05) is 50.2 Å². The Morgan fingerprint density at radius 1 is 0.893 bits per heavy atom.